The molecule has 2 aromatic rings. The number of ether oxygens (including phenoxy) is 2. The third-order valence-electron chi connectivity index (χ3n) is 3.71. The number of benzene rings is 1. The number of halogens is 2. The van der Waals surface area contributed by atoms with E-state index in [1.54, 1.807) is 51.2 Å². The molecule has 176 valence electrons. The van der Waals surface area contributed by atoms with E-state index in [1.807, 2.05) is 6.92 Å². The van der Waals surface area contributed by atoms with Gasteiger partial charge in [-0.15, -0.1) is 24.0 Å². The van der Waals surface area contributed by atoms with E-state index in [9.17, 15) is 9.18 Å². The molecule has 1 amide bonds. The standard InChI is InChI=1S/C22H30FN5O3.HI/c1-5-25-20(26-11-12-27-21(29)31-22(2,3)4)28-14-16-8-9-19(18(23)13-16)30-17-7-6-10-24-15-17;/h6-10,13,15H,5,11-12,14H2,1-4H3,(H,27,29)(H2,25,26,28);1H. The molecule has 0 radical (unpaired) electrons. The van der Waals surface area contributed by atoms with Gasteiger partial charge in [-0.1, -0.05) is 6.07 Å². The summed E-state index contributed by atoms with van der Waals surface area (Å²) >= 11 is 0. The van der Waals surface area contributed by atoms with Gasteiger partial charge in [-0.25, -0.2) is 14.2 Å². The van der Waals surface area contributed by atoms with Crippen molar-refractivity contribution in [3.63, 3.8) is 0 Å². The van der Waals surface area contributed by atoms with Crippen LogP contribution in [0.2, 0.25) is 0 Å². The highest BCUT2D eigenvalue weighted by Gasteiger charge is 2.15. The molecule has 0 aliphatic carbocycles. The monoisotopic (exact) mass is 559 g/mol. The van der Waals surface area contributed by atoms with E-state index in [1.165, 1.54) is 12.3 Å². The van der Waals surface area contributed by atoms with E-state index >= 15 is 0 Å². The maximum absolute atomic E-state index is 14.4. The topological polar surface area (TPSA) is 96.9 Å². The highest BCUT2D eigenvalue weighted by Crippen LogP contribution is 2.24. The van der Waals surface area contributed by atoms with Crippen LogP contribution in [0.4, 0.5) is 9.18 Å². The van der Waals surface area contributed by atoms with Gasteiger partial charge in [0.05, 0.1) is 12.7 Å². The summed E-state index contributed by atoms with van der Waals surface area (Å²) in [6.07, 6.45) is 2.66. The quantitative estimate of drug-likeness (QED) is 0.194. The lowest BCUT2D eigenvalue weighted by Gasteiger charge is -2.19. The van der Waals surface area contributed by atoms with Crippen LogP contribution in [0.3, 0.4) is 0 Å². The Kier molecular flexibility index (Phi) is 11.7. The summed E-state index contributed by atoms with van der Waals surface area (Å²) < 4.78 is 25.1. The predicted octanol–water partition coefficient (Wildman–Crippen LogP) is 4.21. The Bertz CT molecular complexity index is 876. The SMILES string of the molecule is CCNC(=NCc1ccc(Oc2cccnc2)c(F)c1)NCCNC(=O)OC(C)(C)C.I. The van der Waals surface area contributed by atoms with Gasteiger partial charge in [0.15, 0.2) is 17.5 Å². The number of aromatic nitrogens is 1. The average Bonchev–Trinajstić information content (AvgIpc) is 2.70. The van der Waals surface area contributed by atoms with Crippen LogP contribution in [0.15, 0.2) is 47.7 Å². The Morgan fingerprint density at radius 3 is 2.53 bits per heavy atom. The van der Waals surface area contributed by atoms with Gasteiger partial charge in [-0.3, -0.25) is 4.98 Å². The van der Waals surface area contributed by atoms with E-state index in [4.69, 9.17) is 9.47 Å². The normalized spacial score (nSPS) is 11.2. The van der Waals surface area contributed by atoms with Crippen molar-refractivity contribution in [2.75, 3.05) is 19.6 Å². The minimum absolute atomic E-state index is 0. The lowest BCUT2D eigenvalue weighted by molar-refractivity contribution is 0.0529. The van der Waals surface area contributed by atoms with Crippen molar-refractivity contribution in [3.05, 3.63) is 54.1 Å². The molecule has 0 atom stereocenters. The first-order valence-electron chi connectivity index (χ1n) is 10.1. The lowest BCUT2D eigenvalue weighted by Crippen LogP contribution is -2.42. The fourth-order valence-electron chi connectivity index (χ4n) is 2.43. The number of pyridine rings is 1. The van der Waals surface area contributed by atoms with Crippen LogP contribution >= 0.6 is 24.0 Å². The summed E-state index contributed by atoms with van der Waals surface area (Å²) in [5, 5.41) is 8.89. The van der Waals surface area contributed by atoms with Crippen molar-refractivity contribution in [1.82, 2.24) is 20.9 Å². The summed E-state index contributed by atoms with van der Waals surface area (Å²) in [6, 6.07) is 8.14. The number of nitrogens with zero attached hydrogens (tertiary/aromatic N) is 2. The van der Waals surface area contributed by atoms with Crippen molar-refractivity contribution in [2.45, 2.75) is 39.8 Å². The number of alkyl carbamates (subject to hydrolysis) is 1. The number of nitrogens with one attached hydrogen (secondary N) is 3. The van der Waals surface area contributed by atoms with Gasteiger partial charge in [0, 0.05) is 25.8 Å². The molecule has 0 aliphatic heterocycles. The van der Waals surface area contributed by atoms with Crippen LogP contribution in [0.5, 0.6) is 11.5 Å². The molecule has 1 aromatic heterocycles. The summed E-state index contributed by atoms with van der Waals surface area (Å²) in [5.74, 6) is 0.672. The van der Waals surface area contributed by atoms with Gasteiger partial charge in [0.25, 0.3) is 0 Å². The van der Waals surface area contributed by atoms with Crippen molar-refractivity contribution >= 4 is 36.0 Å². The summed E-state index contributed by atoms with van der Waals surface area (Å²) in [4.78, 5) is 20.0. The molecule has 0 saturated carbocycles. The van der Waals surface area contributed by atoms with Crippen LogP contribution in [0.1, 0.15) is 33.3 Å². The van der Waals surface area contributed by atoms with Crippen LogP contribution < -0.4 is 20.7 Å². The minimum Gasteiger partial charge on any atom is -0.453 e. The van der Waals surface area contributed by atoms with E-state index in [-0.39, 0.29) is 36.3 Å². The number of hydrogen-bond donors (Lipinski definition) is 3. The van der Waals surface area contributed by atoms with Crippen molar-refractivity contribution < 1.29 is 18.7 Å². The number of carbonyl (C=O) groups excluding carboxylic acids is 1. The molecule has 2 rings (SSSR count). The smallest absolute Gasteiger partial charge is 0.407 e. The molecule has 0 saturated heterocycles. The molecule has 10 heteroatoms. The van der Waals surface area contributed by atoms with Gasteiger partial charge in [-0.05, 0) is 57.5 Å². The van der Waals surface area contributed by atoms with Crippen LogP contribution in [0, 0.1) is 5.82 Å². The zero-order valence-electron chi connectivity index (χ0n) is 18.8. The number of guanidine groups is 1. The Morgan fingerprint density at radius 1 is 1.16 bits per heavy atom. The molecule has 8 nitrogen and oxygen atoms in total. The van der Waals surface area contributed by atoms with E-state index in [0.29, 0.717) is 36.9 Å². The molecule has 3 N–H and O–H groups in total. The number of carbonyl (C=O) groups is 1. The van der Waals surface area contributed by atoms with Crippen molar-refractivity contribution in [2.24, 2.45) is 4.99 Å². The largest absolute Gasteiger partial charge is 0.453 e. The lowest BCUT2D eigenvalue weighted by atomic mass is 10.2. The Hall–Kier alpha value is -2.63. The Balaban J connectivity index is 0.00000512. The van der Waals surface area contributed by atoms with Crippen LogP contribution in [0.25, 0.3) is 0 Å². The number of hydrogen-bond acceptors (Lipinski definition) is 5. The molecule has 0 unspecified atom stereocenters. The first-order chi connectivity index (χ1) is 14.8. The molecule has 0 spiro atoms. The zero-order chi connectivity index (χ0) is 22.7. The number of aliphatic imine (C=N–C) groups is 1. The van der Waals surface area contributed by atoms with Gasteiger partial charge in [-0.2, -0.15) is 0 Å². The van der Waals surface area contributed by atoms with Gasteiger partial charge in [0.2, 0.25) is 0 Å². The number of rotatable bonds is 8. The summed E-state index contributed by atoms with van der Waals surface area (Å²) in [5.41, 5.74) is 0.155. The Morgan fingerprint density at radius 2 is 1.91 bits per heavy atom. The molecule has 0 aliphatic rings. The Labute approximate surface area is 205 Å². The fraction of sp³-hybridized carbons (Fsp3) is 0.409. The predicted molar refractivity (Wildman–Crippen MR) is 133 cm³/mol. The van der Waals surface area contributed by atoms with Gasteiger partial charge >= 0.3 is 6.09 Å². The summed E-state index contributed by atoms with van der Waals surface area (Å²) in [6.45, 7) is 9.13. The molecule has 1 aromatic carbocycles. The fourth-order valence-corrected chi connectivity index (χ4v) is 2.43. The second-order valence-corrected chi connectivity index (χ2v) is 7.61. The van der Waals surface area contributed by atoms with E-state index < -0.39 is 17.5 Å². The van der Waals surface area contributed by atoms with E-state index in [2.05, 4.69) is 25.9 Å². The molecule has 0 bridgehead atoms. The molecule has 32 heavy (non-hydrogen) atoms. The second-order valence-electron chi connectivity index (χ2n) is 7.61. The van der Waals surface area contributed by atoms with E-state index in [0.717, 1.165) is 0 Å². The van der Waals surface area contributed by atoms with Gasteiger partial charge in [0.1, 0.15) is 11.4 Å². The average molecular weight is 559 g/mol. The highest BCUT2D eigenvalue weighted by molar-refractivity contribution is 14.0. The van der Waals surface area contributed by atoms with Crippen molar-refractivity contribution in [3.8, 4) is 11.5 Å². The molecule has 1 heterocycles. The second kappa shape index (κ2) is 13.7. The van der Waals surface area contributed by atoms with Crippen LogP contribution in [-0.4, -0.2) is 42.3 Å². The van der Waals surface area contributed by atoms with Crippen molar-refractivity contribution in [1.29, 1.82) is 0 Å². The first-order valence-corrected chi connectivity index (χ1v) is 10.1. The number of amides is 1. The molecular weight excluding hydrogens is 528 g/mol. The third kappa shape index (κ3) is 10.6. The summed E-state index contributed by atoms with van der Waals surface area (Å²) in [7, 11) is 0. The molecular formula is C22H31FIN5O3. The third-order valence-corrected chi connectivity index (χ3v) is 3.71. The maximum atomic E-state index is 14.4. The zero-order valence-corrected chi connectivity index (χ0v) is 21.1. The highest BCUT2D eigenvalue weighted by atomic mass is 127. The molecule has 0 fully saturated rings. The van der Waals surface area contributed by atoms with Crippen LogP contribution in [-0.2, 0) is 11.3 Å². The first kappa shape index (κ1) is 27.4. The minimum atomic E-state index is -0.540. The maximum Gasteiger partial charge on any atom is 0.407 e. The van der Waals surface area contributed by atoms with Gasteiger partial charge < -0.3 is 25.4 Å².